The van der Waals surface area contributed by atoms with Crippen LogP contribution >= 0.6 is 0 Å². The summed E-state index contributed by atoms with van der Waals surface area (Å²) in [5.74, 6) is 0.349. The third-order valence-corrected chi connectivity index (χ3v) is 4.63. The van der Waals surface area contributed by atoms with Gasteiger partial charge in [-0.05, 0) is 45.0 Å². The van der Waals surface area contributed by atoms with Gasteiger partial charge in [0.2, 0.25) is 6.41 Å². The Morgan fingerprint density at radius 2 is 1.90 bits per heavy atom. The zero-order chi connectivity index (χ0) is 22.6. The zero-order valence-electron chi connectivity index (χ0n) is 17.9. The summed E-state index contributed by atoms with van der Waals surface area (Å²) in [5.41, 5.74) is 1.82. The summed E-state index contributed by atoms with van der Waals surface area (Å²) in [5, 5.41) is 12.2. The number of aromatic nitrogens is 3. The Bertz CT molecular complexity index is 1040. The molecule has 1 amide bonds. The lowest BCUT2D eigenvalue weighted by Gasteiger charge is -2.29. The average Bonchev–Trinajstić information content (AvgIpc) is 3.12. The zero-order valence-corrected chi connectivity index (χ0v) is 17.9. The van der Waals surface area contributed by atoms with Gasteiger partial charge >= 0.3 is 0 Å². The van der Waals surface area contributed by atoms with E-state index in [-0.39, 0.29) is 18.2 Å². The molecule has 0 N–H and O–H groups in total. The quantitative estimate of drug-likeness (QED) is 0.311. The van der Waals surface area contributed by atoms with E-state index in [9.17, 15) is 14.9 Å². The minimum Gasteiger partial charge on any atom is -0.331 e. The lowest BCUT2D eigenvalue weighted by molar-refractivity contribution is -0.384. The van der Waals surface area contributed by atoms with Crippen molar-refractivity contribution in [1.29, 1.82) is 0 Å². The van der Waals surface area contributed by atoms with Crippen LogP contribution in [0.2, 0.25) is 0 Å². The highest BCUT2D eigenvalue weighted by molar-refractivity contribution is 5.61. The van der Waals surface area contributed by atoms with Crippen LogP contribution in [0.5, 0.6) is 0 Å². The average molecular weight is 423 g/mol. The lowest BCUT2D eigenvalue weighted by Crippen LogP contribution is -2.36. The Morgan fingerprint density at radius 1 is 1.19 bits per heavy atom. The molecule has 3 rings (SSSR count). The molecule has 0 aliphatic heterocycles. The summed E-state index contributed by atoms with van der Waals surface area (Å²) < 4.78 is 1.90. The van der Waals surface area contributed by atoms with E-state index in [0.717, 1.165) is 17.0 Å². The molecule has 3 aromatic rings. The number of nitro benzene ring substituents is 1. The number of pyridine rings is 1. The molecule has 0 aliphatic rings. The van der Waals surface area contributed by atoms with Crippen LogP contribution in [0.15, 0.2) is 54.9 Å². The minimum atomic E-state index is -0.541. The molecule has 0 saturated heterocycles. The molecule has 1 unspecified atom stereocenters. The number of carbonyl (C=O) groups excluding carboxylic acids is 1. The van der Waals surface area contributed by atoms with Crippen LogP contribution in [0.25, 0.3) is 11.3 Å². The molecule has 0 saturated carbocycles. The molecule has 2 heterocycles. The van der Waals surface area contributed by atoms with E-state index in [1.807, 2.05) is 50.6 Å². The van der Waals surface area contributed by atoms with E-state index < -0.39 is 10.5 Å². The van der Waals surface area contributed by atoms with Crippen LogP contribution < -0.4 is 0 Å². The fourth-order valence-corrected chi connectivity index (χ4v) is 3.29. The molecule has 0 radical (unpaired) electrons. The van der Waals surface area contributed by atoms with E-state index in [1.54, 1.807) is 24.5 Å². The van der Waals surface area contributed by atoms with Crippen LogP contribution in [0.4, 0.5) is 5.69 Å². The first kappa shape index (κ1) is 22.1. The van der Waals surface area contributed by atoms with Crippen molar-refractivity contribution in [1.82, 2.24) is 19.6 Å². The SMILES string of the molecule is Cn1c(-c2ccc([N+](=O)[O-])cc2)cnc1C(CN(C=O)OC(C)(C)C)c1ccccn1. The maximum Gasteiger partial charge on any atom is 0.269 e. The normalized spacial score (nSPS) is 12.4. The summed E-state index contributed by atoms with van der Waals surface area (Å²) >= 11 is 0. The van der Waals surface area contributed by atoms with Gasteiger partial charge in [-0.2, -0.15) is 0 Å². The van der Waals surface area contributed by atoms with Gasteiger partial charge in [0.15, 0.2) is 0 Å². The van der Waals surface area contributed by atoms with Crippen molar-refractivity contribution in [3.8, 4) is 11.3 Å². The Morgan fingerprint density at radius 3 is 2.45 bits per heavy atom. The summed E-state index contributed by atoms with van der Waals surface area (Å²) in [6, 6.07) is 11.9. The van der Waals surface area contributed by atoms with Gasteiger partial charge in [0.25, 0.3) is 5.69 Å². The number of amides is 1. The Balaban J connectivity index is 1.98. The molecule has 162 valence electrons. The van der Waals surface area contributed by atoms with Crippen molar-refractivity contribution in [3.63, 3.8) is 0 Å². The lowest BCUT2D eigenvalue weighted by atomic mass is 10.0. The van der Waals surface area contributed by atoms with Gasteiger partial charge in [-0.25, -0.2) is 10.0 Å². The number of hydroxylamine groups is 2. The number of imidazole rings is 1. The van der Waals surface area contributed by atoms with Gasteiger partial charge in [-0.1, -0.05) is 6.07 Å². The molecule has 1 atom stereocenters. The van der Waals surface area contributed by atoms with E-state index in [0.29, 0.717) is 12.2 Å². The molecule has 1 aromatic carbocycles. The molecule has 9 heteroatoms. The van der Waals surface area contributed by atoms with Crippen LogP contribution in [-0.4, -0.2) is 43.1 Å². The number of nitro groups is 1. The van der Waals surface area contributed by atoms with Crippen LogP contribution in [0.3, 0.4) is 0 Å². The Hall–Kier alpha value is -3.59. The highest BCUT2D eigenvalue weighted by atomic mass is 16.7. The smallest absolute Gasteiger partial charge is 0.269 e. The number of benzene rings is 1. The molecule has 2 aromatic heterocycles. The van der Waals surface area contributed by atoms with Crippen molar-refractivity contribution >= 4 is 12.1 Å². The monoisotopic (exact) mass is 423 g/mol. The standard InChI is InChI=1S/C22H25N5O4/c1-22(2,3)31-26(15-28)14-18(19-7-5-6-12-23-19)21-24-13-20(25(21)4)16-8-10-17(11-9-16)27(29)30/h5-13,15,18H,14H2,1-4H3. The maximum atomic E-state index is 11.7. The van der Waals surface area contributed by atoms with Crippen molar-refractivity contribution < 1.29 is 14.6 Å². The fourth-order valence-electron chi connectivity index (χ4n) is 3.29. The molecule has 0 aliphatic carbocycles. The summed E-state index contributed by atoms with van der Waals surface area (Å²) in [6.07, 6.45) is 4.06. The first-order valence-corrected chi connectivity index (χ1v) is 9.78. The Kier molecular flexibility index (Phi) is 6.45. The molecule has 31 heavy (non-hydrogen) atoms. The highest BCUT2D eigenvalue weighted by Crippen LogP contribution is 2.29. The van der Waals surface area contributed by atoms with Gasteiger partial charge in [0.05, 0.1) is 40.6 Å². The van der Waals surface area contributed by atoms with Crippen LogP contribution in [0, 0.1) is 10.1 Å². The van der Waals surface area contributed by atoms with Crippen LogP contribution in [-0.2, 0) is 16.7 Å². The summed E-state index contributed by atoms with van der Waals surface area (Å²) in [4.78, 5) is 37.0. The first-order chi connectivity index (χ1) is 14.7. The second-order valence-electron chi connectivity index (χ2n) is 8.08. The van der Waals surface area contributed by atoms with Crippen molar-refractivity contribution in [3.05, 3.63) is 76.5 Å². The van der Waals surface area contributed by atoms with Crippen molar-refractivity contribution in [2.45, 2.75) is 32.3 Å². The second-order valence-corrected chi connectivity index (χ2v) is 8.08. The topological polar surface area (TPSA) is 103 Å². The van der Waals surface area contributed by atoms with Gasteiger partial charge in [-0.3, -0.25) is 24.7 Å². The minimum absolute atomic E-state index is 0.0263. The Labute approximate surface area is 180 Å². The third kappa shape index (κ3) is 5.32. The van der Waals surface area contributed by atoms with E-state index in [1.165, 1.54) is 17.2 Å². The van der Waals surface area contributed by atoms with Gasteiger partial charge in [-0.15, -0.1) is 0 Å². The number of nitrogens with zero attached hydrogens (tertiary/aromatic N) is 5. The fraction of sp³-hybridized carbons (Fsp3) is 0.318. The van der Waals surface area contributed by atoms with E-state index >= 15 is 0 Å². The number of non-ortho nitro benzene ring substituents is 1. The molecular formula is C22H25N5O4. The van der Waals surface area contributed by atoms with Gasteiger partial charge in [0, 0.05) is 30.9 Å². The molecule has 0 bridgehead atoms. The van der Waals surface area contributed by atoms with Crippen molar-refractivity contribution in [2.24, 2.45) is 7.05 Å². The van der Waals surface area contributed by atoms with E-state index in [4.69, 9.17) is 4.84 Å². The first-order valence-electron chi connectivity index (χ1n) is 9.78. The number of hydrogen-bond donors (Lipinski definition) is 0. The molecule has 9 nitrogen and oxygen atoms in total. The number of carbonyl (C=O) groups is 1. The summed E-state index contributed by atoms with van der Waals surface area (Å²) in [6.45, 7) is 5.83. The second kappa shape index (κ2) is 9.05. The summed E-state index contributed by atoms with van der Waals surface area (Å²) in [7, 11) is 1.87. The predicted octanol–water partition coefficient (Wildman–Crippen LogP) is 3.71. The molecule has 0 spiro atoms. The van der Waals surface area contributed by atoms with E-state index in [2.05, 4.69) is 9.97 Å². The largest absolute Gasteiger partial charge is 0.331 e. The number of hydrogen-bond acceptors (Lipinski definition) is 6. The van der Waals surface area contributed by atoms with Gasteiger partial charge < -0.3 is 4.57 Å². The molecular weight excluding hydrogens is 398 g/mol. The molecule has 0 fully saturated rings. The predicted molar refractivity (Wildman–Crippen MR) is 115 cm³/mol. The van der Waals surface area contributed by atoms with Crippen LogP contribution in [0.1, 0.15) is 38.2 Å². The highest BCUT2D eigenvalue weighted by Gasteiger charge is 2.27. The van der Waals surface area contributed by atoms with Crippen molar-refractivity contribution in [2.75, 3.05) is 6.54 Å². The number of rotatable bonds is 8. The maximum absolute atomic E-state index is 11.7. The van der Waals surface area contributed by atoms with Gasteiger partial charge in [0.1, 0.15) is 5.82 Å². The third-order valence-electron chi connectivity index (χ3n) is 4.63.